The van der Waals surface area contributed by atoms with E-state index in [9.17, 15) is 9.59 Å². The van der Waals surface area contributed by atoms with Crippen LogP contribution >= 0.6 is 0 Å². The summed E-state index contributed by atoms with van der Waals surface area (Å²) in [4.78, 5) is 29.8. The van der Waals surface area contributed by atoms with Crippen LogP contribution in [0.4, 0.5) is 10.5 Å². The lowest BCUT2D eigenvalue weighted by atomic mass is 9.91. The Morgan fingerprint density at radius 1 is 1.08 bits per heavy atom. The molecule has 0 amide bonds. The Hall–Kier alpha value is -3.52. The van der Waals surface area contributed by atoms with E-state index < -0.39 is 11.7 Å². The number of aryl methyl sites for hydroxylation is 1. The summed E-state index contributed by atoms with van der Waals surface area (Å²) in [5, 5.41) is 0.982. The first kappa shape index (κ1) is 28.5. The van der Waals surface area contributed by atoms with E-state index in [2.05, 4.69) is 15.9 Å². The number of rotatable bonds is 6. The fraction of sp³-hybridized carbons (Fsp3) is 0.484. The molecular formula is C31H41N3O5. The molecule has 0 radical (unpaired) electrons. The van der Waals surface area contributed by atoms with Crippen LogP contribution in [0.2, 0.25) is 0 Å². The number of nitrogens with zero attached hydrogens (tertiary/aromatic N) is 3. The lowest BCUT2D eigenvalue weighted by molar-refractivity contribution is 0.0542. The number of fused-ring (bicyclic) bond motifs is 1. The molecule has 0 aliphatic carbocycles. The van der Waals surface area contributed by atoms with Crippen molar-refractivity contribution in [2.45, 2.75) is 65.1 Å². The fourth-order valence-corrected chi connectivity index (χ4v) is 5.56. The molecule has 1 aliphatic heterocycles. The Labute approximate surface area is 231 Å². The summed E-state index contributed by atoms with van der Waals surface area (Å²) in [7, 11) is 7.09. The van der Waals surface area contributed by atoms with Gasteiger partial charge in [-0.2, -0.15) is 0 Å². The number of methoxy groups -OCH3 is 2. The molecule has 0 unspecified atom stereocenters. The van der Waals surface area contributed by atoms with Crippen molar-refractivity contribution in [3.8, 4) is 5.75 Å². The second-order valence-electron chi connectivity index (χ2n) is 11.4. The molecule has 0 N–H and O–H groups in total. The minimum atomic E-state index is -0.592. The minimum absolute atomic E-state index is 0.164. The summed E-state index contributed by atoms with van der Waals surface area (Å²) in [5.74, 6) is 0.464. The number of ether oxygens (including phenoxy) is 3. The van der Waals surface area contributed by atoms with E-state index >= 15 is 0 Å². The van der Waals surface area contributed by atoms with Gasteiger partial charge in [0.15, 0.2) is 0 Å². The van der Waals surface area contributed by atoms with Gasteiger partial charge in [0.05, 0.1) is 25.3 Å². The summed E-state index contributed by atoms with van der Waals surface area (Å²) in [5.41, 5.74) is 4.97. The highest BCUT2D eigenvalue weighted by molar-refractivity contribution is 5.95. The molecule has 4 rings (SSSR count). The number of anilines is 1. The van der Waals surface area contributed by atoms with Crippen molar-refractivity contribution in [2.24, 2.45) is 0 Å². The SMILES string of the molecule is COC(=O)c1ccc([C@@H]2CCCCN2Cc2c(OC)cc(C)c3c2ccn3C(=O)OC(C)(C)C)c(N(C)C)c1. The maximum Gasteiger partial charge on any atom is 0.419 e. The smallest absolute Gasteiger partial charge is 0.419 e. The van der Waals surface area contributed by atoms with E-state index in [1.54, 1.807) is 17.9 Å². The molecule has 0 spiro atoms. The van der Waals surface area contributed by atoms with E-state index in [1.165, 1.54) is 12.7 Å². The number of piperidine rings is 1. The van der Waals surface area contributed by atoms with Gasteiger partial charge in [0.25, 0.3) is 0 Å². The van der Waals surface area contributed by atoms with Crippen LogP contribution in [0.5, 0.6) is 5.75 Å². The summed E-state index contributed by atoms with van der Waals surface area (Å²) in [6.45, 7) is 9.19. The molecule has 3 aromatic rings. The van der Waals surface area contributed by atoms with Gasteiger partial charge in [0.1, 0.15) is 11.4 Å². The van der Waals surface area contributed by atoms with Crippen molar-refractivity contribution in [2.75, 3.05) is 39.8 Å². The average molecular weight is 536 g/mol. The molecule has 39 heavy (non-hydrogen) atoms. The second-order valence-corrected chi connectivity index (χ2v) is 11.4. The fourth-order valence-electron chi connectivity index (χ4n) is 5.56. The maximum atomic E-state index is 13.0. The van der Waals surface area contributed by atoms with Crippen molar-refractivity contribution < 1.29 is 23.8 Å². The predicted molar refractivity (Wildman–Crippen MR) is 154 cm³/mol. The number of carbonyl (C=O) groups excluding carboxylic acids is 2. The highest BCUT2D eigenvalue weighted by Crippen LogP contribution is 2.40. The zero-order valence-electron chi connectivity index (χ0n) is 24.5. The second kappa shape index (κ2) is 11.3. The molecule has 1 saturated heterocycles. The Bertz CT molecular complexity index is 1370. The molecule has 2 aromatic carbocycles. The van der Waals surface area contributed by atoms with E-state index in [0.29, 0.717) is 12.1 Å². The number of aromatic nitrogens is 1. The third-order valence-electron chi connectivity index (χ3n) is 7.31. The standard InChI is InChI=1S/C31H41N3O5/c1-20-17-27(37-7)24(22-14-16-34(28(20)22)30(36)39-31(2,3)4)19-33-15-10-9-11-25(33)23-13-12-21(29(35)38-8)18-26(23)32(5)6/h12-14,16-18,25H,9-11,15,19H2,1-8H3/t25-/m0/s1. The Kier molecular flexibility index (Phi) is 8.25. The normalized spacial score (nSPS) is 16.3. The number of hydrogen-bond donors (Lipinski definition) is 0. The maximum absolute atomic E-state index is 13.0. The number of carbonyl (C=O) groups is 2. The van der Waals surface area contributed by atoms with Crippen LogP contribution in [0.1, 0.15) is 73.1 Å². The van der Waals surface area contributed by atoms with Crippen LogP contribution in [0.15, 0.2) is 36.5 Å². The van der Waals surface area contributed by atoms with Gasteiger partial charge in [0.2, 0.25) is 0 Å². The Morgan fingerprint density at radius 3 is 2.46 bits per heavy atom. The third kappa shape index (κ3) is 5.91. The molecule has 0 bridgehead atoms. The molecule has 8 nitrogen and oxygen atoms in total. The van der Waals surface area contributed by atoms with Crippen LogP contribution < -0.4 is 9.64 Å². The molecular weight excluding hydrogens is 494 g/mol. The van der Waals surface area contributed by atoms with Crippen LogP contribution in [-0.4, -0.2) is 62.0 Å². The summed E-state index contributed by atoms with van der Waals surface area (Å²) < 4.78 is 18.1. The topological polar surface area (TPSA) is 73.2 Å². The van der Waals surface area contributed by atoms with Gasteiger partial charge in [-0.25, -0.2) is 9.59 Å². The van der Waals surface area contributed by atoms with Crippen LogP contribution in [0, 0.1) is 6.92 Å². The van der Waals surface area contributed by atoms with Gasteiger partial charge in [-0.3, -0.25) is 9.47 Å². The number of likely N-dealkylation sites (tertiary alicyclic amines) is 1. The zero-order chi connectivity index (χ0) is 28.5. The van der Waals surface area contributed by atoms with Gasteiger partial charge in [-0.15, -0.1) is 0 Å². The number of hydrogen-bond acceptors (Lipinski definition) is 7. The average Bonchev–Trinajstić information content (AvgIpc) is 3.35. The van der Waals surface area contributed by atoms with Crippen LogP contribution in [-0.2, 0) is 16.0 Å². The summed E-state index contributed by atoms with van der Waals surface area (Å²) >= 11 is 0. The zero-order valence-corrected chi connectivity index (χ0v) is 24.5. The van der Waals surface area contributed by atoms with Crippen molar-refractivity contribution in [1.29, 1.82) is 0 Å². The number of esters is 1. The molecule has 2 heterocycles. The summed E-state index contributed by atoms with van der Waals surface area (Å²) in [6, 6.07) is 9.99. The van der Waals surface area contributed by atoms with E-state index in [4.69, 9.17) is 14.2 Å². The molecule has 210 valence electrons. The van der Waals surface area contributed by atoms with Crippen LogP contribution in [0.25, 0.3) is 10.9 Å². The molecule has 0 saturated carbocycles. The Balaban J connectivity index is 1.76. The number of benzene rings is 2. The van der Waals surface area contributed by atoms with E-state index in [-0.39, 0.29) is 12.0 Å². The molecule has 1 atom stereocenters. The molecule has 8 heteroatoms. The van der Waals surface area contributed by atoms with Gasteiger partial charge >= 0.3 is 12.1 Å². The monoisotopic (exact) mass is 535 g/mol. The van der Waals surface area contributed by atoms with Gasteiger partial charge in [-0.1, -0.05) is 12.5 Å². The third-order valence-corrected chi connectivity index (χ3v) is 7.31. The molecule has 1 aromatic heterocycles. The quantitative estimate of drug-likeness (QED) is 0.342. The molecule has 1 aliphatic rings. The van der Waals surface area contributed by atoms with E-state index in [0.717, 1.165) is 59.3 Å². The van der Waals surface area contributed by atoms with Crippen molar-refractivity contribution >= 4 is 28.7 Å². The first-order valence-electron chi connectivity index (χ1n) is 13.5. The van der Waals surface area contributed by atoms with Crippen molar-refractivity contribution in [3.63, 3.8) is 0 Å². The predicted octanol–water partition coefficient (Wildman–Crippen LogP) is 6.32. The van der Waals surface area contributed by atoms with Crippen molar-refractivity contribution in [3.05, 3.63) is 58.8 Å². The summed E-state index contributed by atoms with van der Waals surface area (Å²) in [6.07, 6.45) is 4.63. The Morgan fingerprint density at radius 2 is 1.82 bits per heavy atom. The highest BCUT2D eigenvalue weighted by atomic mass is 16.6. The first-order chi connectivity index (χ1) is 18.4. The molecule has 1 fully saturated rings. The van der Waals surface area contributed by atoms with Gasteiger partial charge in [0, 0.05) is 49.5 Å². The van der Waals surface area contributed by atoms with Crippen molar-refractivity contribution in [1.82, 2.24) is 9.47 Å². The lowest BCUT2D eigenvalue weighted by Crippen LogP contribution is -2.34. The van der Waals surface area contributed by atoms with Crippen LogP contribution in [0.3, 0.4) is 0 Å². The largest absolute Gasteiger partial charge is 0.496 e. The minimum Gasteiger partial charge on any atom is -0.496 e. The van der Waals surface area contributed by atoms with Gasteiger partial charge in [-0.05, 0) is 82.5 Å². The van der Waals surface area contributed by atoms with E-state index in [1.807, 2.05) is 66.1 Å². The lowest BCUT2D eigenvalue weighted by Gasteiger charge is -2.38. The van der Waals surface area contributed by atoms with Gasteiger partial charge < -0.3 is 19.1 Å². The highest BCUT2D eigenvalue weighted by Gasteiger charge is 2.30. The first-order valence-corrected chi connectivity index (χ1v) is 13.5.